The summed E-state index contributed by atoms with van der Waals surface area (Å²) < 4.78 is 0. The Morgan fingerprint density at radius 2 is 2.00 bits per heavy atom. The number of aliphatic hydroxyl groups is 1. The molecule has 0 saturated carbocycles. The highest BCUT2D eigenvalue weighted by molar-refractivity contribution is 5.79. The number of carbonyl (C=O) groups excluding carboxylic acids is 1. The Morgan fingerprint density at radius 3 is 2.43 bits per heavy atom. The van der Waals surface area contributed by atoms with E-state index in [0.29, 0.717) is 12.2 Å². The highest BCUT2D eigenvalue weighted by Gasteiger charge is 2.24. The molecule has 1 aromatic rings. The Labute approximate surface area is 137 Å². The lowest BCUT2D eigenvalue weighted by Crippen LogP contribution is -2.44. The van der Waals surface area contributed by atoms with E-state index >= 15 is 0 Å². The van der Waals surface area contributed by atoms with Crippen LogP contribution in [0.25, 0.3) is 0 Å². The number of nitrogens with zero attached hydrogens (tertiary/aromatic N) is 2. The Balaban J connectivity index is 2.92. The quantitative estimate of drug-likeness (QED) is 0.561. The number of hydrogen-bond donors (Lipinski definition) is 1. The number of nitroso groups, excluding NO2 is 1. The first-order chi connectivity index (χ1) is 11.1. The Hall–Kier alpha value is -2.27. The minimum Gasteiger partial charge on any atom is -0.394 e. The highest BCUT2D eigenvalue weighted by atomic mass is 16.3. The first-order valence-electron chi connectivity index (χ1n) is 7.75. The van der Waals surface area contributed by atoms with E-state index < -0.39 is 0 Å². The van der Waals surface area contributed by atoms with Crippen LogP contribution >= 0.6 is 0 Å². The van der Waals surface area contributed by atoms with Crippen molar-refractivity contribution in [3.63, 3.8) is 0 Å². The van der Waals surface area contributed by atoms with Gasteiger partial charge in [0.1, 0.15) is 5.69 Å². The van der Waals surface area contributed by atoms with E-state index in [-0.39, 0.29) is 25.0 Å². The van der Waals surface area contributed by atoms with Crippen molar-refractivity contribution < 1.29 is 9.90 Å². The fourth-order valence-corrected chi connectivity index (χ4v) is 2.55. The van der Waals surface area contributed by atoms with Gasteiger partial charge in [-0.2, -0.15) is 0 Å². The molecule has 0 saturated heterocycles. The van der Waals surface area contributed by atoms with Gasteiger partial charge in [-0.15, -0.1) is 4.91 Å². The van der Waals surface area contributed by atoms with E-state index in [1.807, 2.05) is 19.9 Å². The molecule has 0 heterocycles. The summed E-state index contributed by atoms with van der Waals surface area (Å²) in [4.78, 5) is 24.7. The van der Waals surface area contributed by atoms with E-state index in [2.05, 4.69) is 11.8 Å². The number of likely N-dealkylation sites (N-methyl/N-ethyl adjacent to an activating group) is 1. The molecule has 0 fully saturated rings. The Kier molecular flexibility index (Phi) is 7.91. The summed E-state index contributed by atoms with van der Waals surface area (Å²) in [5.74, 6) is -0.0678. The third kappa shape index (κ3) is 5.14. The lowest BCUT2D eigenvalue weighted by molar-refractivity contribution is -0.132. The zero-order valence-electron chi connectivity index (χ0n) is 13.7. The molecule has 0 aliphatic rings. The van der Waals surface area contributed by atoms with E-state index in [4.69, 9.17) is 0 Å². The van der Waals surface area contributed by atoms with Crippen LogP contribution in [0.3, 0.4) is 0 Å². The predicted octanol–water partition coefficient (Wildman–Crippen LogP) is 3.36. The van der Waals surface area contributed by atoms with Crippen LogP contribution in [0, 0.1) is 4.91 Å². The summed E-state index contributed by atoms with van der Waals surface area (Å²) in [6.45, 7) is 7.94. The molecule has 124 valence electrons. The van der Waals surface area contributed by atoms with Crippen LogP contribution in [0.15, 0.2) is 53.7 Å². The smallest absolute Gasteiger partial charge is 0.227 e. The van der Waals surface area contributed by atoms with Crippen LogP contribution in [0.5, 0.6) is 0 Å². The van der Waals surface area contributed by atoms with Crippen molar-refractivity contribution >= 4 is 11.6 Å². The molecule has 1 N–H and O–H groups in total. The number of rotatable bonds is 9. The number of allylic oxidation sites excluding steroid dienone is 2. The first kappa shape index (κ1) is 18.8. The van der Waals surface area contributed by atoms with Crippen molar-refractivity contribution in [2.45, 2.75) is 32.7 Å². The lowest BCUT2D eigenvalue weighted by Gasteiger charge is -2.31. The fraction of sp³-hybridized carbons (Fsp3) is 0.389. The second kappa shape index (κ2) is 9.69. The number of carbonyl (C=O) groups is 1. The molecular weight excluding hydrogens is 292 g/mol. The molecule has 0 radical (unpaired) electrons. The molecule has 1 aromatic carbocycles. The second-order valence-electron chi connectivity index (χ2n) is 5.14. The third-order valence-electron chi connectivity index (χ3n) is 3.78. The Morgan fingerprint density at radius 1 is 1.35 bits per heavy atom. The van der Waals surface area contributed by atoms with Gasteiger partial charge in [-0.1, -0.05) is 37.8 Å². The molecule has 1 rings (SSSR count). The van der Waals surface area contributed by atoms with Gasteiger partial charge in [0.2, 0.25) is 5.91 Å². The average molecular weight is 316 g/mol. The molecular formula is C18H24N2O3. The maximum absolute atomic E-state index is 12.6. The normalized spacial score (nSPS) is 12.6. The SMILES string of the molecule is C=C/C=C(\CC)C(CO)N(CC)C(=O)Cc1ccc(N=O)cc1. The molecule has 1 amide bonds. The van der Waals surface area contributed by atoms with Crippen molar-refractivity contribution in [2.75, 3.05) is 13.2 Å². The van der Waals surface area contributed by atoms with Gasteiger partial charge in [-0.3, -0.25) is 4.79 Å². The molecule has 0 aliphatic carbocycles. The van der Waals surface area contributed by atoms with Crippen LogP contribution in [-0.4, -0.2) is 35.1 Å². The van der Waals surface area contributed by atoms with Crippen molar-refractivity contribution in [1.82, 2.24) is 4.90 Å². The average Bonchev–Trinajstić information content (AvgIpc) is 2.58. The van der Waals surface area contributed by atoms with E-state index in [0.717, 1.165) is 17.6 Å². The molecule has 0 aromatic heterocycles. The van der Waals surface area contributed by atoms with Crippen molar-refractivity contribution in [1.29, 1.82) is 0 Å². The first-order valence-corrected chi connectivity index (χ1v) is 7.75. The number of hydrogen-bond acceptors (Lipinski definition) is 4. The topological polar surface area (TPSA) is 70.0 Å². The van der Waals surface area contributed by atoms with E-state index in [1.165, 1.54) is 0 Å². The molecule has 0 bridgehead atoms. The summed E-state index contributed by atoms with van der Waals surface area (Å²) in [7, 11) is 0. The second-order valence-corrected chi connectivity index (χ2v) is 5.14. The van der Waals surface area contributed by atoms with Gasteiger partial charge >= 0.3 is 0 Å². The predicted molar refractivity (Wildman–Crippen MR) is 92.4 cm³/mol. The van der Waals surface area contributed by atoms with Crippen LogP contribution in [0.2, 0.25) is 0 Å². The molecule has 0 aliphatic heterocycles. The standard InChI is InChI=1S/C18H24N2O3/c1-4-7-15(5-2)17(13-21)20(6-3)18(22)12-14-8-10-16(19-23)11-9-14/h4,7-11,17,21H,1,5-6,12-13H2,2-3H3/b15-7+. The van der Waals surface area contributed by atoms with Gasteiger partial charge in [0.15, 0.2) is 0 Å². The summed E-state index contributed by atoms with van der Waals surface area (Å²) in [5.41, 5.74) is 2.12. The van der Waals surface area contributed by atoms with Gasteiger partial charge < -0.3 is 10.0 Å². The van der Waals surface area contributed by atoms with E-state index in [1.54, 1.807) is 35.2 Å². The molecule has 23 heavy (non-hydrogen) atoms. The van der Waals surface area contributed by atoms with Crippen molar-refractivity contribution in [3.05, 3.63) is 59.0 Å². The van der Waals surface area contributed by atoms with Gasteiger partial charge in [0.05, 0.1) is 19.1 Å². The lowest BCUT2D eigenvalue weighted by atomic mass is 10.0. The van der Waals surface area contributed by atoms with E-state index in [9.17, 15) is 14.8 Å². The van der Waals surface area contributed by atoms with Gasteiger partial charge in [0.25, 0.3) is 0 Å². The number of aliphatic hydroxyl groups excluding tert-OH is 1. The monoisotopic (exact) mass is 316 g/mol. The summed E-state index contributed by atoms with van der Waals surface area (Å²) in [5, 5.41) is 12.6. The third-order valence-corrected chi connectivity index (χ3v) is 3.78. The molecule has 1 atom stereocenters. The van der Waals surface area contributed by atoms with Crippen molar-refractivity contribution in [3.8, 4) is 0 Å². The van der Waals surface area contributed by atoms with Gasteiger partial charge in [-0.25, -0.2) is 0 Å². The molecule has 1 unspecified atom stereocenters. The zero-order valence-corrected chi connectivity index (χ0v) is 13.7. The molecule has 5 heteroatoms. The minimum atomic E-state index is -0.341. The van der Waals surface area contributed by atoms with Gasteiger partial charge in [-0.05, 0) is 41.8 Å². The van der Waals surface area contributed by atoms with Crippen LogP contribution in [0.1, 0.15) is 25.8 Å². The maximum atomic E-state index is 12.6. The van der Waals surface area contributed by atoms with Crippen LogP contribution in [0.4, 0.5) is 5.69 Å². The number of amides is 1. The largest absolute Gasteiger partial charge is 0.394 e. The summed E-state index contributed by atoms with van der Waals surface area (Å²) in [6.07, 6.45) is 4.47. The Bertz CT molecular complexity index is 564. The fourth-order valence-electron chi connectivity index (χ4n) is 2.55. The molecule has 5 nitrogen and oxygen atoms in total. The summed E-state index contributed by atoms with van der Waals surface area (Å²) in [6, 6.07) is 6.27. The maximum Gasteiger partial charge on any atom is 0.227 e. The highest BCUT2D eigenvalue weighted by Crippen LogP contribution is 2.17. The van der Waals surface area contributed by atoms with Crippen LogP contribution < -0.4 is 0 Å². The summed E-state index contributed by atoms with van der Waals surface area (Å²) >= 11 is 0. The number of benzene rings is 1. The zero-order chi connectivity index (χ0) is 17.2. The van der Waals surface area contributed by atoms with Crippen molar-refractivity contribution in [2.24, 2.45) is 5.18 Å². The van der Waals surface area contributed by atoms with Crippen LogP contribution in [-0.2, 0) is 11.2 Å². The minimum absolute atomic E-state index is 0.0678. The van der Waals surface area contributed by atoms with Gasteiger partial charge in [0, 0.05) is 6.54 Å². The molecule has 0 spiro atoms.